The fraction of sp³-hybridized carbons (Fsp3) is 0.895. The molecule has 0 aromatic carbocycles. The lowest BCUT2D eigenvalue weighted by molar-refractivity contribution is -0.143. The van der Waals surface area contributed by atoms with Gasteiger partial charge >= 0.3 is 5.97 Å². The zero-order valence-corrected chi connectivity index (χ0v) is 16.2. The number of carbonyl (C=O) groups excluding carboxylic acids is 2. The molecule has 0 aliphatic carbocycles. The van der Waals surface area contributed by atoms with Crippen molar-refractivity contribution in [1.29, 1.82) is 0 Å². The quantitative estimate of drug-likeness (QED) is 0.651. The third kappa shape index (κ3) is 6.26. The molecule has 6 nitrogen and oxygen atoms in total. The van der Waals surface area contributed by atoms with Crippen LogP contribution < -0.4 is 0 Å². The first-order valence-electron chi connectivity index (χ1n) is 9.80. The number of methoxy groups -OCH3 is 1. The monoisotopic (exact) mass is 353 g/mol. The molecule has 0 aromatic heterocycles. The zero-order chi connectivity index (χ0) is 18.2. The maximum atomic E-state index is 12.3. The Labute approximate surface area is 152 Å². The molecule has 2 fully saturated rings. The standard InChI is InChI=1S/C19H35N3O3/c1-4-21(18(23)5-6-19(24)25-3)15-16-7-13-22(14-8-16)17-9-11-20(2)12-10-17/h16-17H,4-15H2,1-3H3. The van der Waals surface area contributed by atoms with Gasteiger partial charge in [-0.05, 0) is 71.8 Å². The average Bonchev–Trinajstić information content (AvgIpc) is 2.65. The lowest BCUT2D eigenvalue weighted by Gasteiger charge is -2.41. The molecule has 25 heavy (non-hydrogen) atoms. The van der Waals surface area contributed by atoms with Crippen molar-refractivity contribution in [3.05, 3.63) is 0 Å². The van der Waals surface area contributed by atoms with E-state index < -0.39 is 0 Å². The Morgan fingerprint density at radius 3 is 2.24 bits per heavy atom. The molecule has 2 heterocycles. The molecular formula is C19H35N3O3. The minimum Gasteiger partial charge on any atom is -0.469 e. The molecule has 144 valence electrons. The molecule has 0 atom stereocenters. The van der Waals surface area contributed by atoms with Gasteiger partial charge in [0.05, 0.1) is 13.5 Å². The predicted molar refractivity (Wildman–Crippen MR) is 98.3 cm³/mol. The van der Waals surface area contributed by atoms with Gasteiger partial charge in [0.15, 0.2) is 0 Å². The smallest absolute Gasteiger partial charge is 0.306 e. The van der Waals surface area contributed by atoms with Gasteiger partial charge in [-0.15, -0.1) is 0 Å². The van der Waals surface area contributed by atoms with Crippen molar-refractivity contribution in [2.45, 2.75) is 51.5 Å². The highest BCUT2D eigenvalue weighted by atomic mass is 16.5. The molecule has 0 radical (unpaired) electrons. The van der Waals surface area contributed by atoms with E-state index in [9.17, 15) is 9.59 Å². The number of piperidine rings is 2. The van der Waals surface area contributed by atoms with Crippen LogP contribution in [0.4, 0.5) is 0 Å². The first-order chi connectivity index (χ1) is 12.0. The molecule has 0 aromatic rings. The van der Waals surface area contributed by atoms with Gasteiger partial charge in [0.25, 0.3) is 0 Å². The summed E-state index contributed by atoms with van der Waals surface area (Å²) in [6.45, 7) is 8.31. The molecule has 2 aliphatic heterocycles. The van der Waals surface area contributed by atoms with Crippen molar-refractivity contribution < 1.29 is 14.3 Å². The third-order valence-electron chi connectivity index (χ3n) is 5.84. The number of likely N-dealkylation sites (tertiary alicyclic amines) is 2. The second-order valence-corrected chi connectivity index (χ2v) is 7.52. The molecular weight excluding hydrogens is 318 g/mol. The normalized spacial score (nSPS) is 21.2. The van der Waals surface area contributed by atoms with E-state index >= 15 is 0 Å². The summed E-state index contributed by atoms with van der Waals surface area (Å²) in [7, 11) is 3.57. The van der Waals surface area contributed by atoms with Crippen molar-refractivity contribution in [3.63, 3.8) is 0 Å². The minimum absolute atomic E-state index is 0.0747. The first kappa shape index (κ1) is 20.2. The second-order valence-electron chi connectivity index (χ2n) is 7.52. The van der Waals surface area contributed by atoms with Crippen molar-refractivity contribution in [1.82, 2.24) is 14.7 Å². The van der Waals surface area contributed by atoms with Gasteiger partial charge < -0.3 is 19.4 Å². The minimum atomic E-state index is -0.309. The largest absolute Gasteiger partial charge is 0.469 e. The van der Waals surface area contributed by atoms with Crippen LogP contribution in [0.25, 0.3) is 0 Å². The van der Waals surface area contributed by atoms with E-state index in [-0.39, 0.29) is 24.7 Å². The summed E-state index contributed by atoms with van der Waals surface area (Å²) >= 11 is 0. The summed E-state index contributed by atoms with van der Waals surface area (Å²) in [5, 5.41) is 0. The van der Waals surface area contributed by atoms with Gasteiger partial charge in [-0.25, -0.2) is 0 Å². The summed E-state index contributed by atoms with van der Waals surface area (Å²) in [5.74, 6) is 0.353. The Balaban J connectivity index is 1.72. The van der Waals surface area contributed by atoms with E-state index in [1.165, 1.54) is 45.9 Å². The highest BCUT2D eigenvalue weighted by molar-refractivity contribution is 5.81. The summed E-state index contributed by atoms with van der Waals surface area (Å²) in [5.41, 5.74) is 0. The molecule has 0 bridgehead atoms. The molecule has 1 amide bonds. The van der Waals surface area contributed by atoms with Crippen molar-refractivity contribution in [2.75, 3.05) is 53.4 Å². The topological polar surface area (TPSA) is 53.1 Å². The van der Waals surface area contributed by atoms with Gasteiger partial charge in [-0.3, -0.25) is 9.59 Å². The number of nitrogens with zero attached hydrogens (tertiary/aromatic N) is 3. The number of hydrogen-bond acceptors (Lipinski definition) is 5. The fourth-order valence-electron chi connectivity index (χ4n) is 4.05. The number of rotatable bonds is 7. The van der Waals surface area contributed by atoms with E-state index in [2.05, 4.69) is 21.6 Å². The summed E-state index contributed by atoms with van der Waals surface area (Å²) in [6.07, 6.45) is 5.36. The Kier molecular flexibility index (Phi) is 8.16. The molecule has 2 aliphatic rings. The van der Waals surface area contributed by atoms with Crippen LogP contribution >= 0.6 is 0 Å². The summed E-state index contributed by atoms with van der Waals surface area (Å²) < 4.78 is 4.62. The van der Waals surface area contributed by atoms with Crippen LogP contribution in [0.2, 0.25) is 0 Å². The number of hydrogen-bond donors (Lipinski definition) is 0. The Morgan fingerprint density at radius 1 is 1.04 bits per heavy atom. The van der Waals surface area contributed by atoms with Crippen molar-refractivity contribution >= 4 is 11.9 Å². The van der Waals surface area contributed by atoms with Crippen LogP contribution in [-0.4, -0.2) is 86.0 Å². The molecule has 2 saturated heterocycles. The Morgan fingerprint density at radius 2 is 1.68 bits per heavy atom. The number of esters is 1. The Hall–Kier alpha value is -1.14. The van der Waals surface area contributed by atoms with Crippen LogP contribution in [0.5, 0.6) is 0 Å². The highest BCUT2D eigenvalue weighted by Crippen LogP contribution is 2.24. The Bertz CT molecular complexity index is 428. The number of amides is 1. The average molecular weight is 354 g/mol. The van der Waals surface area contributed by atoms with Crippen LogP contribution in [0.15, 0.2) is 0 Å². The van der Waals surface area contributed by atoms with Crippen LogP contribution in [0.3, 0.4) is 0 Å². The maximum absolute atomic E-state index is 12.3. The number of ether oxygens (including phenoxy) is 1. The van der Waals surface area contributed by atoms with E-state index in [1.807, 2.05) is 11.8 Å². The molecule has 0 N–H and O–H groups in total. The predicted octanol–water partition coefficient (Wildman–Crippen LogP) is 1.59. The summed E-state index contributed by atoms with van der Waals surface area (Å²) in [4.78, 5) is 30.5. The van der Waals surface area contributed by atoms with E-state index in [0.29, 0.717) is 5.92 Å². The first-order valence-corrected chi connectivity index (χ1v) is 9.80. The molecule has 0 spiro atoms. The highest BCUT2D eigenvalue weighted by Gasteiger charge is 2.28. The second kappa shape index (κ2) is 10.1. The van der Waals surface area contributed by atoms with Crippen LogP contribution in [-0.2, 0) is 14.3 Å². The molecule has 0 unspecified atom stereocenters. The van der Waals surface area contributed by atoms with Crippen molar-refractivity contribution in [2.24, 2.45) is 5.92 Å². The van der Waals surface area contributed by atoms with Gasteiger partial charge in [0.2, 0.25) is 5.91 Å². The molecule has 6 heteroatoms. The SMILES string of the molecule is CCN(CC1CCN(C2CCN(C)CC2)CC1)C(=O)CCC(=O)OC. The third-order valence-corrected chi connectivity index (χ3v) is 5.84. The van der Waals surface area contributed by atoms with Gasteiger partial charge in [0, 0.05) is 25.6 Å². The van der Waals surface area contributed by atoms with Gasteiger partial charge in [0.1, 0.15) is 0 Å². The van der Waals surface area contributed by atoms with E-state index in [0.717, 1.165) is 32.2 Å². The maximum Gasteiger partial charge on any atom is 0.306 e. The van der Waals surface area contributed by atoms with Crippen LogP contribution in [0.1, 0.15) is 45.4 Å². The zero-order valence-electron chi connectivity index (χ0n) is 16.2. The lowest BCUT2D eigenvalue weighted by Crippen LogP contribution is -2.48. The van der Waals surface area contributed by atoms with Crippen LogP contribution in [0, 0.1) is 5.92 Å². The van der Waals surface area contributed by atoms with E-state index in [1.54, 1.807) is 0 Å². The van der Waals surface area contributed by atoms with Gasteiger partial charge in [-0.1, -0.05) is 0 Å². The van der Waals surface area contributed by atoms with Gasteiger partial charge in [-0.2, -0.15) is 0 Å². The molecule has 2 rings (SSSR count). The fourth-order valence-corrected chi connectivity index (χ4v) is 4.05. The summed E-state index contributed by atoms with van der Waals surface area (Å²) in [6, 6.07) is 0.751. The molecule has 0 saturated carbocycles. The number of carbonyl (C=O) groups is 2. The lowest BCUT2D eigenvalue weighted by atomic mass is 9.93. The van der Waals surface area contributed by atoms with Crippen molar-refractivity contribution in [3.8, 4) is 0 Å². The van der Waals surface area contributed by atoms with E-state index in [4.69, 9.17) is 0 Å².